The first-order chi connectivity index (χ1) is 9.96. The lowest BCUT2D eigenvalue weighted by Crippen LogP contribution is -2.35. The minimum Gasteiger partial charge on any atom is -0.255 e. The van der Waals surface area contributed by atoms with E-state index in [1.807, 2.05) is 0 Å². The number of pyridine rings is 1. The second-order valence-electron chi connectivity index (χ2n) is 4.59. The van der Waals surface area contributed by atoms with Crippen molar-refractivity contribution in [2.45, 2.75) is 24.7 Å². The summed E-state index contributed by atoms with van der Waals surface area (Å²) >= 11 is 0. The van der Waals surface area contributed by atoms with Crippen molar-refractivity contribution in [3.8, 4) is 0 Å². The second kappa shape index (κ2) is 6.44. The summed E-state index contributed by atoms with van der Waals surface area (Å²) < 4.78 is 51.4. The standard InChI is InChI=1S/C14H16F2N2O2S/c1-2-9-18(10-13(15)16)21(19,20)12-7-3-5-11-6-4-8-17-14(11)12/h3-8,13H,2,9-10H2,1H3. The Kier molecular flexibility index (Phi) is 4.84. The lowest BCUT2D eigenvalue weighted by molar-refractivity contribution is 0.119. The van der Waals surface area contributed by atoms with Crippen LogP contribution in [-0.4, -0.2) is 37.2 Å². The van der Waals surface area contributed by atoms with Gasteiger partial charge in [0.25, 0.3) is 6.43 Å². The van der Waals surface area contributed by atoms with E-state index in [2.05, 4.69) is 4.98 Å². The monoisotopic (exact) mass is 314 g/mol. The molecule has 1 aromatic carbocycles. The maximum Gasteiger partial charge on any atom is 0.252 e. The second-order valence-corrected chi connectivity index (χ2v) is 6.49. The molecule has 0 radical (unpaired) electrons. The highest BCUT2D eigenvalue weighted by molar-refractivity contribution is 7.89. The Morgan fingerprint density at radius 3 is 2.62 bits per heavy atom. The van der Waals surface area contributed by atoms with Crippen LogP contribution < -0.4 is 0 Å². The van der Waals surface area contributed by atoms with Crippen molar-refractivity contribution >= 4 is 20.9 Å². The predicted octanol–water partition coefficient (Wildman–Crippen LogP) is 2.90. The zero-order chi connectivity index (χ0) is 15.5. The molecular formula is C14H16F2N2O2S. The summed E-state index contributed by atoms with van der Waals surface area (Å²) in [5.41, 5.74) is 0.301. The van der Waals surface area contributed by atoms with E-state index in [9.17, 15) is 17.2 Å². The normalized spacial score (nSPS) is 12.4. The zero-order valence-electron chi connectivity index (χ0n) is 11.5. The van der Waals surface area contributed by atoms with Gasteiger partial charge in [0.1, 0.15) is 4.90 Å². The molecule has 0 spiro atoms. The van der Waals surface area contributed by atoms with E-state index in [-0.39, 0.29) is 11.4 Å². The average molecular weight is 314 g/mol. The van der Waals surface area contributed by atoms with Crippen LogP contribution in [0, 0.1) is 0 Å². The van der Waals surface area contributed by atoms with Crippen LogP contribution in [0.1, 0.15) is 13.3 Å². The van der Waals surface area contributed by atoms with Gasteiger partial charge in [-0.05, 0) is 18.6 Å². The number of fused-ring (bicyclic) bond motifs is 1. The van der Waals surface area contributed by atoms with Gasteiger partial charge < -0.3 is 0 Å². The molecule has 0 aliphatic rings. The lowest BCUT2D eigenvalue weighted by atomic mass is 10.2. The molecule has 0 unspecified atom stereocenters. The Labute approximate surface area is 122 Å². The third-order valence-electron chi connectivity index (χ3n) is 3.03. The molecule has 1 heterocycles. The number of benzene rings is 1. The smallest absolute Gasteiger partial charge is 0.252 e. The molecule has 0 fully saturated rings. The van der Waals surface area contributed by atoms with Crippen molar-refractivity contribution in [2.24, 2.45) is 0 Å². The Morgan fingerprint density at radius 2 is 1.95 bits per heavy atom. The van der Waals surface area contributed by atoms with Crippen LogP contribution in [0.5, 0.6) is 0 Å². The van der Waals surface area contributed by atoms with Crippen LogP contribution in [0.15, 0.2) is 41.4 Å². The number of halogens is 2. The van der Waals surface area contributed by atoms with Crippen LogP contribution in [0.25, 0.3) is 10.9 Å². The quantitative estimate of drug-likeness (QED) is 0.824. The number of para-hydroxylation sites is 1. The summed E-state index contributed by atoms with van der Waals surface area (Å²) in [6.07, 6.45) is -0.766. The largest absolute Gasteiger partial charge is 0.255 e. The minimum absolute atomic E-state index is 0.0327. The van der Waals surface area contributed by atoms with Crippen LogP contribution >= 0.6 is 0 Å². The Morgan fingerprint density at radius 1 is 1.24 bits per heavy atom. The van der Waals surface area contributed by atoms with Gasteiger partial charge in [-0.25, -0.2) is 17.2 Å². The van der Waals surface area contributed by atoms with Gasteiger partial charge in [0, 0.05) is 18.1 Å². The van der Waals surface area contributed by atoms with Gasteiger partial charge in [-0.1, -0.05) is 25.1 Å². The van der Waals surface area contributed by atoms with Crippen molar-refractivity contribution in [1.82, 2.24) is 9.29 Å². The summed E-state index contributed by atoms with van der Waals surface area (Å²) in [6, 6.07) is 8.15. The SMILES string of the molecule is CCCN(CC(F)F)S(=O)(=O)c1cccc2cccnc12. The molecule has 0 bridgehead atoms. The number of rotatable bonds is 6. The van der Waals surface area contributed by atoms with Gasteiger partial charge >= 0.3 is 0 Å². The van der Waals surface area contributed by atoms with Crippen LogP contribution in [0.2, 0.25) is 0 Å². The summed E-state index contributed by atoms with van der Waals surface area (Å²) in [6.45, 7) is 0.991. The number of alkyl halides is 2. The number of sulfonamides is 1. The molecule has 2 aromatic rings. The van der Waals surface area contributed by atoms with E-state index in [0.717, 1.165) is 4.31 Å². The van der Waals surface area contributed by atoms with Gasteiger partial charge in [0.15, 0.2) is 0 Å². The summed E-state index contributed by atoms with van der Waals surface area (Å²) in [5, 5.41) is 0.659. The highest BCUT2D eigenvalue weighted by atomic mass is 32.2. The molecule has 0 atom stereocenters. The molecule has 0 saturated heterocycles. The molecule has 7 heteroatoms. The average Bonchev–Trinajstić information content (AvgIpc) is 2.45. The minimum atomic E-state index is -3.99. The molecule has 4 nitrogen and oxygen atoms in total. The van der Waals surface area contributed by atoms with Crippen molar-refractivity contribution in [1.29, 1.82) is 0 Å². The van der Waals surface area contributed by atoms with Gasteiger partial charge in [0.2, 0.25) is 10.0 Å². The molecule has 1 aromatic heterocycles. The predicted molar refractivity (Wildman–Crippen MR) is 76.8 cm³/mol. The number of hydrogen-bond donors (Lipinski definition) is 0. The Bertz CT molecular complexity index is 714. The number of aromatic nitrogens is 1. The van der Waals surface area contributed by atoms with Crippen molar-refractivity contribution in [2.75, 3.05) is 13.1 Å². The highest BCUT2D eigenvalue weighted by Gasteiger charge is 2.28. The molecule has 0 N–H and O–H groups in total. The van der Waals surface area contributed by atoms with Crippen LogP contribution in [0.4, 0.5) is 8.78 Å². The number of hydrogen-bond acceptors (Lipinski definition) is 3. The summed E-state index contributed by atoms with van der Waals surface area (Å²) in [7, 11) is -3.99. The van der Waals surface area contributed by atoms with Crippen molar-refractivity contribution in [3.05, 3.63) is 36.5 Å². The van der Waals surface area contributed by atoms with Gasteiger partial charge in [0.05, 0.1) is 12.1 Å². The van der Waals surface area contributed by atoms with Crippen LogP contribution in [-0.2, 0) is 10.0 Å². The number of nitrogens with zero attached hydrogens (tertiary/aromatic N) is 2. The molecular weight excluding hydrogens is 298 g/mol. The molecule has 0 aliphatic carbocycles. The van der Waals surface area contributed by atoms with E-state index in [1.54, 1.807) is 31.2 Å². The van der Waals surface area contributed by atoms with Crippen molar-refractivity contribution < 1.29 is 17.2 Å². The fourth-order valence-corrected chi connectivity index (χ4v) is 3.81. The fourth-order valence-electron chi connectivity index (χ4n) is 2.14. The first-order valence-corrected chi connectivity index (χ1v) is 8.03. The van der Waals surface area contributed by atoms with E-state index in [4.69, 9.17) is 0 Å². The topological polar surface area (TPSA) is 50.3 Å². The first kappa shape index (κ1) is 15.8. The van der Waals surface area contributed by atoms with Gasteiger partial charge in [-0.3, -0.25) is 4.98 Å². The highest BCUT2D eigenvalue weighted by Crippen LogP contribution is 2.24. The van der Waals surface area contributed by atoms with Crippen molar-refractivity contribution in [3.63, 3.8) is 0 Å². The zero-order valence-corrected chi connectivity index (χ0v) is 12.4. The van der Waals surface area contributed by atoms with E-state index >= 15 is 0 Å². The molecule has 0 saturated carbocycles. The van der Waals surface area contributed by atoms with Gasteiger partial charge in [-0.2, -0.15) is 4.31 Å². The van der Waals surface area contributed by atoms with Crippen LogP contribution in [0.3, 0.4) is 0 Å². The summed E-state index contributed by atoms with van der Waals surface area (Å²) in [4.78, 5) is 4.04. The maximum atomic E-state index is 12.6. The van der Waals surface area contributed by atoms with E-state index < -0.39 is 23.0 Å². The summed E-state index contributed by atoms with van der Waals surface area (Å²) in [5.74, 6) is 0. The Balaban J connectivity index is 2.54. The molecule has 21 heavy (non-hydrogen) atoms. The molecule has 2 rings (SSSR count). The maximum absolute atomic E-state index is 12.6. The molecule has 0 amide bonds. The third-order valence-corrected chi connectivity index (χ3v) is 4.92. The third kappa shape index (κ3) is 3.36. The Hall–Kier alpha value is -1.60. The molecule has 0 aliphatic heterocycles. The van der Waals surface area contributed by atoms with E-state index in [1.165, 1.54) is 12.3 Å². The van der Waals surface area contributed by atoms with E-state index in [0.29, 0.717) is 17.3 Å². The fraction of sp³-hybridized carbons (Fsp3) is 0.357. The van der Waals surface area contributed by atoms with Gasteiger partial charge in [-0.15, -0.1) is 0 Å². The molecule has 114 valence electrons. The lowest BCUT2D eigenvalue weighted by Gasteiger charge is -2.21. The first-order valence-electron chi connectivity index (χ1n) is 6.59.